The molecule has 1 amide bonds. The maximum absolute atomic E-state index is 11.9. The van der Waals surface area contributed by atoms with E-state index in [4.69, 9.17) is 11.6 Å². The van der Waals surface area contributed by atoms with Crippen LogP contribution < -0.4 is 10.7 Å². The fourth-order valence-electron chi connectivity index (χ4n) is 2.37. The van der Waals surface area contributed by atoms with E-state index in [1.54, 1.807) is 22.5 Å². The second-order valence-electron chi connectivity index (χ2n) is 5.14. The number of hydrogen-bond donors (Lipinski definition) is 2. The Balaban J connectivity index is 1.55. The number of aryl methyl sites for hydroxylation is 1. The van der Waals surface area contributed by atoms with E-state index in [9.17, 15) is 4.79 Å². The van der Waals surface area contributed by atoms with Crippen LogP contribution in [-0.4, -0.2) is 34.4 Å². The summed E-state index contributed by atoms with van der Waals surface area (Å²) in [5.41, 5.74) is 5.37. The Morgan fingerprint density at radius 3 is 2.77 bits per heavy atom. The van der Waals surface area contributed by atoms with Crippen LogP contribution in [0.3, 0.4) is 0 Å². The van der Waals surface area contributed by atoms with Gasteiger partial charge in [0.2, 0.25) is 0 Å². The number of halogens is 1. The highest BCUT2D eigenvalue weighted by Crippen LogP contribution is 2.36. The van der Waals surface area contributed by atoms with E-state index >= 15 is 0 Å². The Hall–Kier alpha value is -1.63. The lowest BCUT2D eigenvalue weighted by Gasteiger charge is -2.44. The summed E-state index contributed by atoms with van der Waals surface area (Å²) in [5, 5.41) is 7.10. The molecule has 2 atom stereocenters. The number of hydrogen-bond acceptors (Lipinski definition) is 5. The van der Waals surface area contributed by atoms with Gasteiger partial charge in [0.05, 0.1) is 6.04 Å². The van der Waals surface area contributed by atoms with Crippen LogP contribution in [0.5, 0.6) is 0 Å². The molecule has 1 aliphatic rings. The minimum Gasteiger partial charge on any atom is -0.360 e. The molecule has 0 radical (unpaired) electrons. The number of carbonyl (C=O) groups is 1. The van der Waals surface area contributed by atoms with Gasteiger partial charge in [-0.2, -0.15) is 0 Å². The van der Waals surface area contributed by atoms with Crippen LogP contribution in [0, 0.1) is 6.92 Å². The van der Waals surface area contributed by atoms with E-state index in [0.717, 1.165) is 10.7 Å². The van der Waals surface area contributed by atoms with Crippen LogP contribution >= 0.6 is 22.9 Å². The van der Waals surface area contributed by atoms with Gasteiger partial charge >= 0.3 is 0 Å². The van der Waals surface area contributed by atoms with Crippen molar-refractivity contribution >= 4 is 34.0 Å². The standard InChI is InChI=1S/C15H17ClN4OS/c1-10-2-4-11(5-3-10)13-12(16)14(21)20(13)19-7-6-17-15-18-8-9-22-15/h2-5,8-9,12-13,19H,6-7H2,1H3,(H,17,18). The van der Waals surface area contributed by atoms with Crippen molar-refractivity contribution in [3.63, 3.8) is 0 Å². The first-order valence-electron chi connectivity index (χ1n) is 7.07. The maximum atomic E-state index is 11.9. The third-order valence-corrected chi connectivity index (χ3v) is 4.72. The molecule has 1 aromatic heterocycles. The molecule has 5 nitrogen and oxygen atoms in total. The Bertz CT molecular complexity index is 632. The molecule has 0 saturated carbocycles. The molecule has 1 aromatic carbocycles. The topological polar surface area (TPSA) is 57.3 Å². The summed E-state index contributed by atoms with van der Waals surface area (Å²) in [6.45, 7) is 3.34. The van der Waals surface area contributed by atoms with E-state index < -0.39 is 5.38 Å². The van der Waals surface area contributed by atoms with Crippen LogP contribution in [0.4, 0.5) is 5.13 Å². The van der Waals surface area contributed by atoms with E-state index in [-0.39, 0.29) is 11.9 Å². The van der Waals surface area contributed by atoms with Crippen molar-refractivity contribution in [3.05, 3.63) is 47.0 Å². The lowest BCUT2D eigenvalue weighted by Crippen LogP contribution is -2.62. The molecule has 2 aromatic rings. The van der Waals surface area contributed by atoms with Gasteiger partial charge in [-0.15, -0.1) is 22.9 Å². The number of aromatic nitrogens is 1. The molecule has 116 valence electrons. The number of amides is 1. The van der Waals surface area contributed by atoms with Crippen LogP contribution in [0.15, 0.2) is 35.8 Å². The predicted octanol–water partition coefficient (Wildman–Crippen LogP) is 2.56. The molecular formula is C15H17ClN4OS. The Labute approximate surface area is 138 Å². The van der Waals surface area contributed by atoms with Gasteiger partial charge < -0.3 is 5.32 Å². The van der Waals surface area contributed by atoms with Crippen molar-refractivity contribution in [1.82, 2.24) is 15.4 Å². The summed E-state index contributed by atoms with van der Waals surface area (Å²) in [6.07, 6.45) is 1.75. The Kier molecular flexibility index (Phi) is 4.61. The first-order valence-corrected chi connectivity index (χ1v) is 8.39. The van der Waals surface area contributed by atoms with Crippen molar-refractivity contribution < 1.29 is 4.79 Å². The molecule has 3 rings (SSSR count). The van der Waals surface area contributed by atoms with Gasteiger partial charge in [-0.05, 0) is 12.5 Å². The number of rotatable bonds is 6. The summed E-state index contributed by atoms with van der Waals surface area (Å²) < 4.78 is 0. The number of anilines is 1. The third-order valence-electron chi connectivity index (χ3n) is 3.56. The van der Waals surface area contributed by atoms with E-state index in [2.05, 4.69) is 15.7 Å². The number of alkyl halides is 1. The average molecular weight is 337 g/mol. The van der Waals surface area contributed by atoms with Gasteiger partial charge in [0.1, 0.15) is 5.38 Å². The zero-order chi connectivity index (χ0) is 15.5. The lowest BCUT2D eigenvalue weighted by atomic mass is 9.95. The summed E-state index contributed by atoms with van der Waals surface area (Å²) in [7, 11) is 0. The highest BCUT2D eigenvalue weighted by molar-refractivity contribution is 7.13. The highest BCUT2D eigenvalue weighted by Gasteiger charge is 2.47. The van der Waals surface area contributed by atoms with Crippen molar-refractivity contribution in [3.8, 4) is 0 Å². The van der Waals surface area contributed by atoms with Crippen LogP contribution in [0.2, 0.25) is 0 Å². The van der Waals surface area contributed by atoms with Crippen molar-refractivity contribution in [2.45, 2.75) is 18.3 Å². The number of β-lactam (4-membered cyclic amide) rings is 1. The number of benzene rings is 1. The smallest absolute Gasteiger partial charge is 0.257 e. The number of thiazole rings is 1. The minimum atomic E-state index is -0.498. The molecule has 1 fully saturated rings. The molecule has 0 bridgehead atoms. The van der Waals surface area contributed by atoms with Gasteiger partial charge in [0.25, 0.3) is 5.91 Å². The molecule has 2 heterocycles. The van der Waals surface area contributed by atoms with Crippen LogP contribution in [-0.2, 0) is 4.79 Å². The van der Waals surface area contributed by atoms with Crippen LogP contribution in [0.1, 0.15) is 17.2 Å². The average Bonchev–Trinajstić information content (AvgIpc) is 3.04. The van der Waals surface area contributed by atoms with Crippen molar-refractivity contribution in [1.29, 1.82) is 0 Å². The number of hydrazine groups is 1. The molecule has 0 spiro atoms. The number of nitrogens with zero attached hydrogens (tertiary/aromatic N) is 2. The van der Waals surface area contributed by atoms with E-state index in [1.165, 1.54) is 5.56 Å². The van der Waals surface area contributed by atoms with Crippen LogP contribution in [0.25, 0.3) is 0 Å². The summed E-state index contributed by atoms with van der Waals surface area (Å²) in [5.74, 6) is -0.0820. The fraction of sp³-hybridized carbons (Fsp3) is 0.333. The van der Waals surface area contributed by atoms with Gasteiger partial charge in [-0.3, -0.25) is 9.80 Å². The predicted molar refractivity (Wildman–Crippen MR) is 89.0 cm³/mol. The zero-order valence-electron chi connectivity index (χ0n) is 12.1. The van der Waals surface area contributed by atoms with Gasteiger partial charge in [-0.1, -0.05) is 29.8 Å². The molecule has 1 saturated heterocycles. The normalized spacial score (nSPS) is 20.8. The quantitative estimate of drug-likeness (QED) is 0.483. The van der Waals surface area contributed by atoms with E-state index in [1.807, 2.05) is 36.6 Å². The van der Waals surface area contributed by atoms with Gasteiger partial charge in [0, 0.05) is 24.7 Å². The first-order chi connectivity index (χ1) is 10.7. The lowest BCUT2D eigenvalue weighted by molar-refractivity contribution is -0.151. The molecular weight excluding hydrogens is 320 g/mol. The summed E-state index contributed by atoms with van der Waals surface area (Å²) in [6, 6.07) is 7.98. The largest absolute Gasteiger partial charge is 0.360 e. The molecule has 7 heteroatoms. The second-order valence-corrected chi connectivity index (χ2v) is 6.50. The Morgan fingerprint density at radius 1 is 1.32 bits per heavy atom. The SMILES string of the molecule is Cc1ccc(C2C(Cl)C(=O)N2NCCNc2nccs2)cc1. The molecule has 1 aliphatic heterocycles. The Morgan fingerprint density at radius 2 is 2.09 bits per heavy atom. The molecule has 22 heavy (non-hydrogen) atoms. The van der Waals surface area contributed by atoms with Gasteiger partial charge in [0.15, 0.2) is 5.13 Å². The number of nitrogens with one attached hydrogen (secondary N) is 2. The minimum absolute atomic E-state index is 0.0820. The zero-order valence-corrected chi connectivity index (χ0v) is 13.7. The highest BCUT2D eigenvalue weighted by atomic mass is 35.5. The first kappa shape index (κ1) is 15.3. The fourth-order valence-corrected chi connectivity index (χ4v) is 3.29. The van der Waals surface area contributed by atoms with Crippen molar-refractivity contribution in [2.24, 2.45) is 0 Å². The molecule has 2 unspecified atom stereocenters. The second kappa shape index (κ2) is 6.64. The maximum Gasteiger partial charge on any atom is 0.257 e. The summed E-state index contributed by atoms with van der Waals surface area (Å²) >= 11 is 7.72. The number of carbonyl (C=O) groups excluding carboxylic acids is 1. The van der Waals surface area contributed by atoms with E-state index in [0.29, 0.717) is 13.1 Å². The monoisotopic (exact) mass is 336 g/mol. The molecule has 0 aliphatic carbocycles. The third kappa shape index (κ3) is 3.09. The van der Waals surface area contributed by atoms with Crippen molar-refractivity contribution in [2.75, 3.05) is 18.4 Å². The summed E-state index contributed by atoms with van der Waals surface area (Å²) in [4.78, 5) is 16.1. The molecule has 2 N–H and O–H groups in total. The van der Waals surface area contributed by atoms with Gasteiger partial charge in [-0.25, -0.2) is 10.4 Å².